The van der Waals surface area contributed by atoms with Crippen LogP contribution in [0.2, 0.25) is 0 Å². The molecule has 0 saturated heterocycles. The van der Waals surface area contributed by atoms with Crippen LogP contribution in [0.5, 0.6) is 0 Å². The Labute approximate surface area is 348 Å². The molecule has 0 rings (SSSR count). The van der Waals surface area contributed by atoms with E-state index in [1.807, 2.05) is 0 Å². The van der Waals surface area contributed by atoms with E-state index in [0.717, 1.165) is 57.8 Å². The van der Waals surface area contributed by atoms with Crippen molar-refractivity contribution in [2.45, 2.75) is 290 Å². The van der Waals surface area contributed by atoms with E-state index in [1.165, 1.54) is 186 Å². The van der Waals surface area contributed by atoms with Gasteiger partial charge in [-0.1, -0.05) is 245 Å². The summed E-state index contributed by atoms with van der Waals surface area (Å²) >= 11 is 0. The van der Waals surface area contributed by atoms with Crippen LogP contribution in [0.4, 0.5) is 0 Å². The molecule has 0 amide bonds. The van der Waals surface area contributed by atoms with Gasteiger partial charge in [0.05, 0.1) is 0 Å². The molecule has 6 heteroatoms. The summed E-state index contributed by atoms with van der Waals surface area (Å²) in [6.07, 6.45) is 48.0. The monoisotopic (exact) mass is 793 g/mol. The van der Waals surface area contributed by atoms with Crippen molar-refractivity contribution >= 4 is 17.9 Å². The lowest BCUT2D eigenvalue weighted by molar-refractivity contribution is -0.167. The molecule has 332 valence electrons. The first-order valence-corrected chi connectivity index (χ1v) is 25.0. The summed E-state index contributed by atoms with van der Waals surface area (Å²) < 4.78 is 16.8. The molecule has 56 heavy (non-hydrogen) atoms. The zero-order valence-electron chi connectivity index (χ0n) is 37.9. The zero-order chi connectivity index (χ0) is 40.8. The summed E-state index contributed by atoms with van der Waals surface area (Å²) in [4.78, 5) is 37.8. The van der Waals surface area contributed by atoms with Crippen LogP contribution in [0.25, 0.3) is 0 Å². The SMILES string of the molecule is CCCCCCCCCCCCCCCCCCC(=O)OC[C@@H](COC(=O)CCCCCCCCCCCCCCC)OC(=O)CCCCCCCCCCC. The third-order valence-electron chi connectivity index (χ3n) is 11.4. The molecule has 0 unspecified atom stereocenters. The summed E-state index contributed by atoms with van der Waals surface area (Å²) in [7, 11) is 0. The van der Waals surface area contributed by atoms with E-state index in [2.05, 4.69) is 20.8 Å². The van der Waals surface area contributed by atoms with Crippen LogP contribution in [0.3, 0.4) is 0 Å². The quantitative estimate of drug-likeness (QED) is 0.0347. The number of carbonyl (C=O) groups is 3. The molecule has 0 saturated carbocycles. The molecule has 0 aromatic carbocycles. The Hall–Kier alpha value is -1.59. The van der Waals surface area contributed by atoms with Gasteiger partial charge in [-0.15, -0.1) is 0 Å². The van der Waals surface area contributed by atoms with Crippen LogP contribution in [0, 0.1) is 0 Å². The van der Waals surface area contributed by atoms with Gasteiger partial charge in [-0.3, -0.25) is 14.4 Å². The predicted molar refractivity (Wildman–Crippen MR) is 238 cm³/mol. The Morgan fingerprint density at radius 1 is 0.286 bits per heavy atom. The number of ether oxygens (including phenoxy) is 3. The molecule has 0 heterocycles. The van der Waals surface area contributed by atoms with Gasteiger partial charge in [-0.05, 0) is 19.3 Å². The first-order valence-electron chi connectivity index (χ1n) is 25.0. The van der Waals surface area contributed by atoms with Crippen LogP contribution in [0.1, 0.15) is 284 Å². The Morgan fingerprint density at radius 3 is 0.714 bits per heavy atom. The summed E-state index contributed by atoms with van der Waals surface area (Å²) in [5.74, 6) is -0.847. The van der Waals surface area contributed by atoms with E-state index in [0.29, 0.717) is 19.3 Å². The second-order valence-electron chi connectivity index (χ2n) is 17.1. The summed E-state index contributed by atoms with van der Waals surface area (Å²) in [6, 6.07) is 0. The van der Waals surface area contributed by atoms with E-state index in [-0.39, 0.29) is 31.1 Å². The molecule has 0 aliphatic carbocycles. The van der Waals surface area contributed by atoms with Crippen molar-refractivity contribution in [1.82, 2.24) is 0 Å². The van der Waals surface area contributed by atoms with Gasteiger partial charge in [0.15, 0.2) is 6.10 Å². The maximum absolute atomic E-state index is 12.7. The van der Waals surface area contributed by atoms with Gasteiger partial charge in [0.25, 0.3) is 0 Å². The highest BCUT2D eigenvalue weighted by molar-refractivity contribution is 5.71. The van der Waals surface area contributed by atoms with Gasteiger partial charge in [-0.25, -0.2) is 0 Å². The normalized spacial score (nSPS) is 11.8. The number of carbonyl (C=O) groups excluding carboxylic acids is 3. The van der Waals surface area contributed by atoms with Crippen LogP contribution < -0.4 is 0 Å². The molecule has 0 fully saturated rings. The lowest BCUT2D eigenvalue weighted by Crippen LogP contribution is -2.30. The van der Waals surface area contributed by atoms with E-state index in [4.69, 9.17) is 14.2 Å². The van der Waals surface area contributed by atoms with Crippen LogP contribution in [-0.2, 0) is 28.6 Å². The van der Waals surface area contributed by atoms with Crippen molar-refractivity contribution in [2.75, 3.05) is 13.2 Å². The molecule has 0 radical (unpaired) electrons. The summed E-state index contributed by atoms with van der Waals surface area (Å²) in [5, 5.41) is 0. The second kappa shape index (κ2) is 46.1. The summed E-state index contributed by atoms with van der Waals surface area (Å²) in [5.41, 5.74) is 0. The molecule has 0 aromatic rings. The first-order chi connectivity index (χ1) is 27.5. The third-order valence-corrected chi connectivity index (χ3v) is 11.4. The van der Waals surface area contributed by atoms with Crippen molar-refractivity contribution in [2.24, 2.45) is 0 Å². The van der Waals surface area contributed by atoms with E-state index < -0.39 is 6.10 Å². The van der Waals surface area contributed by atoms with E-state index in [9.17, 15) is 14.4 Å². The zero-order valence-corrected chi connectivity index (χ0v) is 37.9. The standard InChI is InChI=1S/C50H96O6/c1-4-7-10-13-16-19-21-23-24-25-27-29-32-34-37-40-43-49(52)55-46-47(56-50(53)44-41-38-35-30-18-15-12-9-6-3)45-54-48(51)42-39-36-33-31-28-26-22-20-17-14-11-8-5-2/h47H,4-46H2,1-3H3/t47-/m1/s1. The third kappa shape index (κ3) is 43.5. The van der Waals surface area contributed by atoms with Gasteiger partial charge in [-0.2, -0.15) is 0 Å². The van der Waals surface area contributed by atoms with Gasteiger partial charge >= 0.3 is 17.9 Å². The van der Waals surface area contributed by atoms with Crippen LogP contribution in [0.15, 0.2) is 0 Å². The second-order valence-corrected chi connectivity index (χ2v) is 17.1. The fourth-order valence-corrected chi connectivity index (χ4v) is 7.56. The van der Waals surface area contributed by atoms with Gasteiger partial charge < -0.3 is 14.2 Å². The topological polar surface area (TPSA) is 78.9 Å². The Bertz CT molecular complexity index is 828. The van der Waals surface area contributed by atoms with Gasteiger partial charge in [0.2, 0.25) is 0 Å². The van der Waals surface area contributed by atoms with Crippen LogP contribution >= 0.6 is 0 Å². The minimum absolute atomic E-state index is 0.0623. The van der Waals surface area contributed by atoms with E-state index in [1.54, 1.807) is 0 Å². The summed E-state index contributed by atoms with van der Waals surface area (Å²) in [6.45, 7) is 6.65. The fourth-order valence-electron chi connectivity index (χ4n) is 7.56. The molecule has 1 atom stereocenters. The molecule has 0 bridgehead atoms. The number of unbranched alkanes of at least 4 members (excludes halogenated alkanes) is 35. The maximum atomic E-state index is 12.7. The number of hydrogen-bond donors (Lipinski definition) is 0. The number of hydrogen-bond acceptors (Lipinski definition) is 6. The fraction of sp³-hybridized carbons (Fsp3) is 0.940. The van der Waals surface area contributed by atoms with Crippen LogP contribution in [-0.4, -0.2) is 37.2 Å². The lowest BCUT2D eigenvalue weighted by atomic mass is 10.0. The molecular formula is C50H96O6. The number of esters is 3. The highest BCUT2D eigenvalue weighted by Gasteiger charge is 2.19. The Balaban J connectivity index is 4.24. The molecule has 0 aliphatic rings. The minimum Gasteiger partial charge on any atom is -0.462 e. The van der Waals surface area contributed by atoms with Crippen molar-refractivity contribution in [1.29, 1.82) is 0 Å². The molecule has 0 aromatic heterocycles. The smallest absolute Gasteiger partial charge is 0.306 e. The lowest BCUT2D eigenvalue weighted by Gasteiger charge is -2.18. The first kappa shape index (κ1) is 54.4. The average Bonchev–Trinajstić information content (AvgIpc) is 3.19. The van der Waals surface area contributed by atoms with Crippen molar-refractivity contribution in [3.8, 4) is 0 Å². The average molecular weight is 793 g/mol. The van der Waals surface area contributed by atoms with Crippen molar-refractivity contribution in [3.05, 3.63) is 0 Å². The Kier molecular flexibility index (Phi) is 44.8. The number of rotatable bonds is 46. The maximum Gasteiger partial charge on any atom is 0.306 e. The molecule has 0 N–H and O–H groups in total. The van der Waals surface area contributed by atoms with Crippen molar-refractivity contribution in [3.63, 3.8) is 0 Å². The minimum atomic E-state index is -0.758. The van der Waals surface area contributed by atoms with Gasteiger partial charge in [0, 0.05) is 19.3 Å². The Morgan fingerprint density at radius 2 is 0.482 bits per heavy atom. The molecular weight excluding hydrogens is 697 g/mol. The molecule has 0 spiro atoms. The molecule has 0 aliphatic heterocycles. The van der Waals surface area contributed by atoms with E-state index >= 15 is 0 Å². The van der Waals surface area contributed by atoms with Gasteiger partial charge in [0.1, 0.15) is 13.2 Å². The highest BCUT2D eigenvalue weighted by Crippen LogP contribution is 2.16. The predicted octanol–water partition coefficient (Wildman–Crippen LogP) is 16.0. The van der Waals surface area contributed by atoms with Crippen molar-refractivity contribution < 1.29 is 28.6 Å². The highest BCUT2D eigenvalue weighted by atomic mass is 16.6. The molecule has 6 nitrogen and oxygen atoms in total. The largest absolute Gasteiger partial charge is 0.462 e.